The van der Waals surface area contributed by atoms with Gasteiger partial charge in [0.25, 0.3) is 0 Å². The molecule has 0 N–H and O–H groups in total. The monoisotopic (exact) mass is 394 g/mol. The molecule has 0 saturated carbocycles. The summed E-state index contributed by atoms with van der Waals surface area (Å²) in [5.41, 5.74) is 2.42. The summed E-state index contributed by atoms with van der Waals surface area (Å²) in [5.74, 6) is 0.517. The largest absolute Gasteiger partial charge is 0.478 e. The number of carbonyl (C=O) groups excluding carboxylic acids is 1. The number of hydrogen-bond donors (Lipinski definition) is 0. The summed E-state index contributed by atoms with van der Waals surface area (Å²) in [5, 5.41) is 1.01. The summed E-state index contributed by atoms with van der Waals surface area (Å²) in [4.78, 5) is 14.8. The van der Waals surface area contributed by atoms with Crippen LogP contribution in [0.3, 0.4) is 0 Å². The second-order valence-corrected chi connectivity index (χ2v) is 6.74. The first kappa shape index (κ1) is 20.9. The summed E-state index contributed by atoms with van der Waals surface area (Å²) < 4.78 is 13.1. The highest BCUT2D eigenvalue weighted by Gasteiger charge is 2.18. The molecule has 0 atom stereocenters. The van der Waals surface area contributed by atoms with E-state index in [4.69, 9.17) is 9.47 Å². The van der Waals surface area contributed by atoms with Gasteiger partial charge in [0.1, 0.15) is 18.2 Å². The lowest BCUT2D eigenvalue weighted by Crippen LogP contribution is -2.24. The lowest BCUT2D eigenvalue weighted by atomic mass is 10.2. The van der Waals surface area contributed by atoms with Crippen molar-refractivity contribution in [2.75, 3.05) is 26.4 Å². The van der Waals surface area contributed by atoms with Crippen LogP contribution in [0.15, 0.2) is 54.6 Å². The zero-order chi connectivity index (χ0) is 20.6. The Kier molecular flexibility index (Phi) is 7.30. The molecule has 2 heterocycles. The number of benzene rings is 2. The van der Waals surface area contributed by atoms with Crippen molar-refractivity contribution >= 4 is 16.9 Å². The van der Waals surface area contributed by atoms with E-state index in [0.29, 0.717) is 19.0 Å². The maximum atomic E-state index is 12.5. The zero-order valence-electron chi connectivity index (χ0n) is 17.6. The van der Waals surface area contributed by atoms with Crippen molar-refractivity contribution in [3.8, 4) is 11.4 Å². The SMILES string of the molecule is CC.CCOC(=O)c1cc2ccccc2n1-c1ccc(OCN2CCCC2)cc1. The van der Waals surface area contributed by atoms with Gasteiger partial charge in [0.05, 0.1) is 12.1 Å². The molecule has 1 aromatic heterocycles. The fourth-order valence-corrected chi connectivity index (χ4v) is 3.56. The molecule has 2 aromatic carbocycles. The van der Waals surface area contributed by atoms with Crippen molar-refractivity contribution in [2.24, 2.45) is 0 Å². The normalized spacial score (nSPS) is 13.8. The van der Waals surface area contributed by atoms with Crippen LogP contribution in [0.2, 0.25) is 0 Å². The number of fused-ring (bicyclic) bond motifs is 1. The summed E-state index contributed by atoms with van der Waals surface area (Å²) in [7, 11) is 0. The molecule has 4 rings (SSSR count). The van der Waals surface area contributed by atoms with Gasteiger partial charge in [-0.05, 0) is 56.2 Å². The number of hydrogen-bond acceptors (Lipinski definition) is 4. The zero-order valence-corrected chi connectivity index (χ0v) is 17.6. The molecule has 0 amide bonds. The van der Waals surface area contributed by atoms with Gasteiger partial charge in [-0.25, -0.2) is 4.79 Å². The standard InChI is InChI=1S/C22H24N2O3.C2H6/c1-2-26-22(25)21-15-17-7-3-4-8-20(17)24(21)18-9-11-19(12-10-18)27-16-23-13-5-6-14-23;1-2/h3-4,7-12,15H,2,5-6,13-14,16H2,1H3;1-2H3. The second kappa shape index (κ2) is 10.1. The van der Waals surface area contributed by atoms with E-state index in [1.807, 2.05) is 79.9 Å². The van der Waals surface area contributed by atoms with Crippen LogP contribution in [0.25, 0.3) is 16.6 Å². The Morgan fingerprint density at radius 2 is 1.69 bits per heavy atom. The average molecular weight is 395 g/mol. The molecular weight excluding hydrogens is 364 g/mol. The third-order valence-electron chi connectivity index (χ3n) is 4.90. The van der Waals surface area contributed by atoms with E-state index in [2.05, 4.69) is 4.90 Å². The van der Waals surface area contributed by atoms with Crippen molar-refractivity contribution in [1.29, 1.82) is 0 Å². The Morgan fingerprint density at radius 3 is 2.38 bits per heavy atom. The van der Waals surface area contributed by atoms with Gasteiger partial charge in [0.2, 0.25) is 0 Å². The molecule has 5 heteroatoms. The minimum absolute atomic E-state index is 0.317. The molecule has 1 saturated heterocycles. The number of para-hydroxylation sites is 1. The Hall–Kier alpha value is -2.79. The average Bonchev–Trinajstić information content (AvgIpc) is 3.42. The van der Waals surface area contributed by atoms with Gasteiger partial charge >= 0.3 is 5.97 Å². The van der Waals surface area contributed by atoms with Crippen LogP contribution < -0.4 is 4.74 Å². The lowest BCUT2D eigenvalue weighted by molar-refractivity contribution is 0.0517. The number of aromatic nitrogens is 1. The van der Waals surface area contributed by atoms with Crippen LogP contribution in [0.4, 0.5) is 0 Å². The van der Waals surface area contributed by atoms with E-state index in [-0.39, 0.29) is 5.97 Å². The number of esters is 1. The smallest absolute Gasteiger partial charge is 0.355 e. The van der Waals surface area contributed by atoms with Crippen molar-refractivity contribution in [2.45, 2.75) is 33.6 Å². The van der Waals surface area contributed by atoms with E-state index in [9.17, 15) is 4.79 Å². The Labute approximate surface area is 172 Å². The first-order valence-electron chi connectivity index (χ1n) is 10.5. The molecule has 1 fully saturated rings. The predicted molar refractivity (Wildman–Crippen MR) is 117 cm³/mol. The molecule has 29 heavy (non-hydrogen) atoms. The minimum Gasteiger partial charge on any atom is -0.478 e. The van der Waals surface area contributed by atoms with E-state index >= 15 is 0 Å². The number of carbonyl (C=O) groups is 1. The summed E-state index contributed by atoms with van der Waals surface area (Å²) >= 11 is 0. The van der Waals surface area contributed by atoms with Gasteiger partial charge in [-0.15, -0.1) is 0 Å². The second-order valence-electron chi connectivity index (χ2n) is 6.74. The van der Waals surface area contributed by atoms with Crippen molar-refractivity contribution in [3.05, 3.63) is 60.3 Å². The molecule has 154 valence electrons. The maximum Gasteiger partial charge on any atom is 0.355 e. The molecule has 5 nitrogen and oxygen atoms in total. The quantitative estimate of drug-likeness (QED) is 0.535. The predicted octanol–water partition coefficient (Wildman–Crippen LogP) is 5.27. The van der Waals surface area contributed by atoms with Crippen LogP contribution >= 0.6 is 0 Å². The highest BCUT2D eigenvalue weighted by molar-refractivity contribution is 5.97. The third-order valence-corrected chi connectivity index (χ3v) is 4.90. The van der Waals surface area contributed by atoms with Gasteiger partial charge in [-0.2, -0.15) is 0 Å². The molecule has 0 radical (unpaired) electrons. The van der Waals surface area contributed by atoms with E-state index in [0.717, 1.165) is 35.4 Å². The first-order chi connectivity index (χ1) is 14.3. The number of nitrogens with zero attached hydrogens (tertiary/aromatic N) is 2. The van der Waals surface area contributed by atoms with Crippen LogP contribution in [0, 0.1) is 0 Å². The summed E-state index contributed by atoms with van der Waals surface area (Å²) in [6.07, 6.45) is 2.50. The fourth-order valence-electron chi connectivity index (χ4n) is 3.56. The van der Waals surface area contributed by atoms with Crippen LogP contribution in [-0.4, -0.2) is 41.9 Å². The highest BCUT2D eigenvalue weighted by Crippen LogP contribution is 2.26. The summed E-state index contributed by atoms with van der Waals surface area (Å²) in [6, 6.07) is 17.7. The maximum absolute atomic E-state index is 12.5. The number of ether oxygens (including phenoxy) is 2. The van der Waals surface area contributed by atoms with Gasteiger partial charge in [-0.1, -0.05) is 32.0 Å². The van der Waals surface area contributed by atoms with Gasteiger partial charge < -0.3 is 14.0 Å². The molecule has 0 aliphatic carbocycles. The minimum atomic E-state index is -0.317. The molecular formula is C24H30N2O3. The van der Waals surface area contributed by atoms with Crippen molar-refractivity contribution in [1.82, 2.24) is 9.47 Å². The van der Waals surface area contributed by atoms with E-state index in [1.165, 1.54) is 12.8 Å². The molecule has 0 spiro atoms. The number of rotatable bonds is 6. The van der Waals surface area contributed by atoms with Crippen LogP contribution in [0.1, 0.15) is 44.1 Å². The molecule has 1 aliphatic heterocycles. The van der Waals surface area contributed by atoms with E-state index in [1.54, 1.807) is 0 Å². The van der Waals surface area contributed by atoms with E-state index < -0.39 is 0 Å². The first-order valence-corrected chi connectivity index (χ1v) is 10.5. The van der Waals surface area contributed by atoms with Crippen molar-refractivity contribution in [3.63, 3.8) is 0 Å². The van der Waals surface area contributed by atoms with Crippen LogP contribution in [0.5, 0.6) is 5.75 Å². The molecule has 3 aromatic rings. The molecule has 1 aliphatic rings. The Bertz CT molecular complexity index is 925. The Morgan fingerprint density at radius 1 is 1.00 bits per heavy atom. The van der Waals surface area contributed by atoms with Gasteiger partial charge in [0, 0.05) is 24.2 Å². The molecule has 0 bridgehead atoms. The summed E-state index contributed by atoms with van der Waals surface area (Å²) in [6.45, 7) is 9.01. The van der Waals surface area contributed by atoms with Gasteiger partial charge in [0.15, 0.2) is 0 Å². The third kappa shape index (κ3) is 4.80. The van der Waals surface area contributed by atoms with Gasteiger partial charge in [-0.3, -0.25) is 4.90 Å². The van der Waals surface area contributed by atoms with Crippen molar-refractivity contribution < 1.29 is 14.3 Å². The molecule has 0 unspecified atom stereocenters. The highest BCUT2D eigenvalue weighted by atomic mass is 16.5. The van der Waals surface area contributed by atoms with Crippen LogP contribution in [-0.2, 0) is 4.74 Å². The fraction of sp³-hybridized carbons (Fsp3) is 0.375. The topological polar surface area (TPSA) is 43.7 Å². The number of likely N-dealkylation sites (tertiary alicyclic amines) is 1. The Balaban J connectivity index is 0.00000117. The lowest BCUT2D eigenvalue weighted by Gasteiger charge is -2.16.